The van der Waals surface area contributed by atoms with Crippen LogP contribution in [0.5, 0.6) is 0 Å². The molecule has 1 aliphatic carbocycles. The molecule has 0 N–H and O–H groups in total. The third-order valence-electron chi connectivity index (χ3n) is 5.06. The van der Waals surface area contributed by atoms with Crippen LogP contribution >= 0.6 is 11.6 Å². The Morgan fingerprint density at radius 3 is 3.08 bits per heavy atom. The van der Waals surface area contributed by atoms with Gasteiger partial charge in [-0.2, -0.15) is 4.98 Å². The molecule has 4 rings (SSSR count). The normalized spacial score (nSPS) is 24.8. The van der Waals surface area contributed by atoms with Gasteiger partial charge in [-0.15, -0.1) is 0 Å². The lowest BCUT2D eigenvalue weighted by molar-refractivity contribution is -0.131. The van der Waals surface area contributed by atoms with Crippen molar-refractivity contribution in [3.63, 3.8) is 0 Å². The van der Waals surface area contributed by atoms with Gasteiger partial charge < -0.3 is 4.52 Å². The summed E-state index contributed by atoms with van der Waals surface area (Å²) in [5.74, 6) is 1.62. The first kappa shape index (κ1) is 15.7. The summed E-state index contributed by atoms with van der Waals surface area (Å²) in [6, 6.07) is 3.93. The zero-order valence-corrected chi connectivity index (χ0v) is 14.1. The van der Waals surface area contributed by atoms with Crippen molar-refractivity contribution in [3.05, 3.63) is 29.4 Å². The lowest BCUT2D eigenvalue weighted by Gasteiger charge is -2.42. The number of rotatable bonds is 3. The van der Waals surface area contributed by atoms with Crippen molar-refractivity contribution in [1.82, 2.24) is 20.0 Å². The predicted molar refractivity (Wildman–Crippen MR) is 88.3 cm³/mol. The van der Waals surface area contributed by atoms with Crippen LogP contribution in [0.15, 0.2) is 22.9 Å². The number of carbonyl (C=O) groups excluding carboxylic acids is 1. The lowest BCUT2D eigenvalue weighted by Crippen LogP contribution is -2.50. The van der Waals surface area contributed by atoms with E-state index in [0.717, 1.165) is 25.8 Å². The van der Waals surface area contributed by atoms with Gasteiger partial charge in [-0.05, 0) is 25.0 Å². The quantitative estimate of drug-likeness (QED) is 0.795. The molecule has 3 heterocycles. The largest absolute Gasteiger partial charge is 0.338 e. The van der Waals surface area contributed by atoms with E-state index in [0.29, 0.717) is 47.2 Å². The van der Waals surface area contributed by atoms with Gasteiger partial charge in [-0.25, -0.2) is 4.98 Å². The first-order valence-corrected chi connectivity index (χ1v) is 8.80. The highest BCUT2D eigenvalue weighted by Gasteiger charge is 2.38. The van der Waals surface area contributed by atoms with Crippen molar-refractivity contribution in [1.29, 1.82) is 0 Å². The van der Waals surface area contributed by atoms with Crippen molar-refractivity contribution >= 4 is 17.4 Å². The zero-order chi connectivity index (χ0) is 16.5. The first-order valence-electron chi connectivity index (χ1n) is 8.42. The average molecular weight is 347 g/mol. The van der Waals surface area contributed by atoms with Gasteiger partial charge in [-0.3, -0.25) is 9.69 Å². The van der Waals surface area contributed by atoms with Crippen LogP contribution in [0, 0.1) is 5.92 Å². The molecule has 6 nitrogen and oxygen atoms in total. The molecule has 2 aliphatic rings. The first-order chi connectivity index (χ1) is 11.7. The summed E-state index contributed by atoms with van der Waals surface area (Å²) < 4.78 is 5.41. The standard InChI is InChI=1S/C17H19ClN4O2/c18-16-12(5-3-8-19-16)17-20-15(24-21-17)10-22-9-7-14(23)11-4-1-2-6-13(11)22/h3,5,8,11,13H,1-2,4,6-7,9-10H2/t11-,13-/m0/s1. The van der Waals surface area contributed by atoms with E-state index in [1.165, 1.54) is 6.42 Å². The number of pyridine rings is 1. The Balaban J connectivity index is 1.51. The van der Waals surface area contributed by atoms with Crippen LogP contribution in [0.2, 0.25) is 5.15 Å². The number of carbonyl (C=O) groups is 1. The zero-order valence-electron chi connectivity index (χ0n) is 13.3. The van der Waals surface area contributed by atoms with E-state index in [9.17, 15) is 4.79 Å². The number of hydrogen-bond donors (Lipinski definition) is 0. The Hall–Kier alpha value is -1.79. The van der Waals surface area contributed by atoms with Gasteiger partial charge >= 0.3 is 0 Å². The molecule has 126 valence electrons. The highest BCUT2D eigenvalue weighted by atomic mass is 35.5. The maximum Gasteiger partial charge on any atom is 0.241 e. The fourth-order valence-corrected chi connectivity index (χ4v) is 4.08. The number of hydrogen-bond acceptors (Lipinski definition) is 6. The topological polar surface area (TPSA) is 72.1 Å². The van der Waals surface area contributed by atoms with Crippen LogP contribution in [0.1, 0.15) is 38.0 Å². The van der Waals surface area contributed by atoms with Gasteiger partial charge in [0.2, 0.25) is 11.7 Å². The minimum absolute atomic E-state index is 0.183. The minimum atomic E-state index is 0.183. The number of piperidine rings is 1. The molecule has 1 aliphatic heterocycles. The molecule has 2 atom stereocenters. The summed E-state index contributed by atoms with van der Waals surface area (Å²) in [4.78, 5) is 23.0. The van der Waals surface area contributed by atoms with Crippen LogP contribution in [0.4, 0.5) is 0 Å². The Morgan fingerprint density at radius 2 is 2.21 bits per heavy atom. The monoisotopic (exact) mass is 346 g/mol. The molecule has 0 amide bonds. The van der Waals surface area contributed by atoms with Gasteiger partial charge in [0, 0.05) is 31.1 Å². The van der Waals surface area contributed by atoms with Crippen LogP contribution in [-0.2, 0) is 11.3 Å². The van der Waals surface area contributed by atoms with E-state index in [4.69, 9.17) is 16.1 Å². The van der Waals surface area contributed by atoms with Gasteiger partial charge in [0.1, 0.15) is 10.9 Å². The third kappa shape index (κ3) is 2.96. The number of likely N-dealkylation sites (tertiary alicyclic amines) is 1. The van der Waals surface area contributed by atoms with E-state index >= 15 is 0 Å². The molecule has 0 spiro atoms. The molecule has 1 saturated heterocycles. The van der Waals surface area contributed by atoms with Crippen molar-refractivity contribution in [2.45, 2.75) is 44.7 Å². The molecule has 0 aromatic carbocycles. The number of Topliss-reactive ketones (excluding diaryl/α,β-unsaturated/α-hetero) is 1. The molecule has 1 saturated carbocycles. The van der Waals surface area contributed by atoms with Crippen LogP contribution in [0.3, 0.4) is 0 Å². The number of aromatic nitrogens is 3. The summed E-state index contributed by atoms with van der Waals surface area (Å²) in [6.45, 7) is 1.35. The summed E-state index contributed by atoms with van der Waals surface area (Å²) in [5.41, 5.74) is 0.665. The second-order valence-corrected chi connectivity index (χ2v) is 6.86. The van der Waals surface area contributed by atoms with E-state index in [-0.39, 0.29) is 5.92 Å². The molecule has 2 fully saturated rings. The van der Waals surface area contributed by atoms with E-state index in [2.05, 4.69) is 20.0 Å². The van der Waals surface area contributed by atoms with E-state index in [1.54, 1.807) is 12.3 Å². The highest BCUT2D eigenvalue weighted by molar-refractivity contribution is 6.31. The minimum Gasteiger partial charge on any atom is -0.338 e. The predicted octanol–water partition coefficient (Wildman–Crippen LogP) is 3.12. The SMILES string of the molecule is O=C1CCN(Cc2nc(-c3cccnc3Cl)no2)[C@H]2CCCC[C@H]12. The number of fused-ring (bicyclic) bond motifs is 1. The van der Waals surface area contributed by atoms with Crippen LogP contribution in [-0.4, -0.2) is 38.4 Å². The Bertz CT molecular complexity index is 748. The van der Waals surface area contributed by atoms with Gasteiger partial charge in [-0.1, -0.05) is 29.6 Å². The number of halogens is 1. The Kier molecular flexibility index (Phi) is 4.33. The Morgan fingerprint density at radius 1 is 1.33 bits per heavy atom. The molecule has 24 heavy (non-hydrogen) atoms. The fraction of sp³-hybridized carbons (Fsp3) is 0.529. The number of nitrogens with zero attached hydrogens (tertiary/aromatic N) is 4. The third-order valence-corrected chi connectivity index (χ3v) is 5.37. The van der Waals surface area contributed by atoms with E-state index in [1.807, 2.05) is 6.07 Å². The Labute approximate surface area is 145 Å². The van der Waals surface area contributed by atoms with Gasteiger partial charge in [0.05, 0.1) is 12.1 Å². The van der Waals surface area contributed by atoms with Gasteiger partial charge in [0.25, 0.3) is 0 Å². The molecule has 7 heteroatoms. The molecule has 0 radical (unpaired) electrons. The van der Waals surface area contributed by atoms with Gasteiger partial charge in [0.15, 0.2) is 0 Å². The second kappa shape index (κ2) is 6.61. The second-order valence-electron chi connectivity index (χ2n) is 6.50. The highest BCUT2D eigenvalue weighted by Crippen LogP contribution is 2.34. The van der Waals surface area contributed by atoms with Crippen LogP contribution < -0.4 is 0 Å². The maximum atomic E-state index is 12.2. The molecule has 2 aromatic heterocycles. The summed E-state index contributed by atoms with van der Waals surface area (Å²) in [5, 5.41) is 4.39. The molecule has 0 unspecified atom stereocenters. The van der Waals surface area contributed by atoms with E-state index < -0.39 is 0 Å². The molecule has 2 aromatic rings. The van der Waals surface area contributed by atoms with Crippen molar-refractivity contribution in [2.75, 3.05) is 6.54 Å². The molecular weight excluding hydrogens is 328 g/mol. The fourth-order valence-electron chi connectivity index (χ4n) is 3.88. The van der Waals surface area contributed by atoms with Crippen LogP contribution in [0.25, 0.3) is 11.4 Å². The van der Waals surface area contributed by atoms with Crippen molar-refractivity contribution < 1.29 is 9.32 Å². The smallest absolute Gasteiger partial charge is 0.241 e. The summed E-state index contributed by atoms with van der Waals surface area (Å²) >= 11 is 6.09. The summed E-state index contributed by atoms with van der Waals surface area (Å²) in [6.07, 6.45) is 6.68. The maximum absolute atomic E-state index is 12.2. The number of ketones is 1. The average Bonchev–Trinajstić information content (AvgIpc) is 3.06. The lowest BCUT2D eigenvalue weighted by atomic mass is 9.77. The van der Waals surface area contributed by atoms with Crippen molar-refractivity contribution in [3.8, 4) is 11.4 Å². The van der Waals surface area contributed by atoms with Crippen molar-refractivity contribution in [2.24, 2.45) is 5.92 Å². The molecular formula is C17H19ClN4O2. The summed E-state index contributed by atoms with van der Waals surface area (Å²) in [7, 11) is 0. The molecule has 0 bridgehead atoms.